The number of nitrogens with zero attached hydrogens (tertiary/aromatic N) is 6. The third-order valence-electron chi connectivity index (χ3n) is 10.7. The second-order valence-electron chi connectivity index (χ2n) is 13.7. The number of rotatable bonds is 5. The number of halogens is 1. The molecule has 46 heavy (non-hydrogen) atoms. The fraction of sp³-hybridized carbons (Fsp3) is 0.556. The zero-order chi connectivity index (χ0) is 31.6. The monoisotopic (exact) mass is 644 g/mol. The highest BCUT2D eigenvalue weighted by Crippen LogP contribution is 2.38. The molecule has 0 bridgehead atoms. The Morgan fingerprint density at radius 3 is 2.63 bits per heavy atom. The van der Waals surface area contributed by atoms with Gasteiger partial charge in [0.15, 0.2) is 0 Å². The van der Waals surface area contributed by atoms with Crippen LogP contribution >= 0.6 is 11.6 Å². The van der Waals surface area contributed by atoms with Crippen molar-refractivity contribution < 1.29 is 14.3 Å². The molecule has 3 fully saturated rings. The minimum atomic E-state index is -0.648. The number of carbonyl (C=O) groups is 2. The second-order valence-corrected chi connectivity index (χ2v) is 14.1. The summed E-state index contributed by atoms with van der Waals surface area (Å²) in [6, 6.07) is 9.64. The molecule has 2 amide bonds. The number of likely N-dealkylation sites (tertiary alicyclic amines) is 1. The summed E-state index contributed by atoms with van der Waals surface area (Å²) in [4.78, 5) is 43.9. The van der Waals surface area contributed by atoms with Crippen LogP contribution < -0.4 is 0 Å². The van der Waals surface area contributed by atoms with Gasteiger partial charge in [-0.05, 0) is 99.1 Å². The van der Waals surface area contributed by atoms with Gasteiger partial charge in [-0.3, -0.25) is 19.6 Å². The minimum absolute atomic E-state index is 0.0133. The summed E-state index contributed by atoms with van der Waals surface area (Å²) in [5, 5.41) is 0.726. The van der Waals surface area contributed by atoms with Crippen LogP contribution in [0.1, 0.15) is 80.3 Å². The van der Waals surface area contributed by atoms with E-state index in [9.17, 15) is 9.59 Å². The number of benzene rings is 1. The molecule has 2 unspecified atom stereocenters. The lowest BCUT2D eigenvalue weighted by Crippen LogP contribution is -2.63. The fourth-order valence-electron chi connectivity index (χ4n) is 8.14. The molecular weight excluding hydrogens is 600 g/mol. The predicted molar refractivity (Wildman–Crippen MR) is 176 cm³/mol. The van der Waals surface area contributed by atoms with E-state index in [1.807, 2.05) is 35.8 Å². The molecule has 244 valence electrons. The highest BCUT2D eigenvalue weighted by Gasteiger charge is 2.44. The summed E-state index contributed by atoms with van der Waals surface area (Å²) in [5.74, 6) is 0.338. The van der Waals surface area contributed by atoms with E-state index in [1.165, 1.54) is 23.1 Å². The standard InChI is InChI=1S/C36H45ClN6O3/c1-25-9-10-26(21-40-17-16-38-24-40)22-43(25)35(44)32-23-41(18-19-42(32)36(45)46-30-7-3-2-4-8-30)34-31-14-13-29(37)20-28(31)12-11-27-6-5-15-39-33(27)34/h5-6,13-17,20,24-26,30,32,34H,2-4,7-12,18-19,21-23H2,1H3/t25?,26?,32-,34+/m1/s1. The van der Waals surface area contributed by atoms with E-state index in [4.69, 9.17) is 21.3 Å². The van der Waals surface area contributed by atoms with Crippen LogP contribution in [0.2, 0.25) is 5.02 Å². The van der Waals surface area contributed by atoms with Gasteiger partial charge in [-0.25, -0.2) is 9.78 Å². The van der Waals surface area contributed by atoms with E-state index in [1.54, 1.807) is 11.1 Å². The molecule has 2 aromatic heterocycles. The molecule has 7 rings (SSSR count). The molecule has 0 N–H and O–H groups in total. The maximum atomic E-state index is 14.7. The molecular formula is C36H45ClN6O3. The zero-order valence-electron chi connectivity index (χ0n) is 26.8. The van der Waals surface area contributed by atoms with Gasteiger partial charge in [0.25, 0.3) is 0 Å². The molecule has 4 atom stereocenters. The minimum Gasteiger partial charge on any atom is -0.446 e. The largest absolute Gasteiger partial charge is 0.446 e. The number of piperidine rings is 1. The van der Waals surface area contributed by atoms with Crippen LogP contribution in [0.4, 0.5) is 4.79 Å². The number of pyridine rings is 1. The third-order valence-corrected chi connectivity index (χ3v) is 10.9. The third kappa shape index (κ3) is 6.54. The molecule has 2 aliphatic carbocycles. The molecule has 3 aromatic rings. The van der Waals surface area contributed by atoms with E-state index in [-0.39, 0.29) is 30.2 Å². The maximum absolute atomic E-state index is 14.7. The summed E-state index contributed by atoms with van der Waals surface area (Å²) < 4.78 is 8.20. The molecule has 4 heterocycles. The van der Waals surface area contributed by atoms with Crippen molar-refractivity contribution in [2.24, 2.45) is 5.92 Å². The van der Waals surface area contributed by atoms with Crippen LogP contribution in [-0.2, 0) is 28.9 Å². The number of ether oxygens (including phenoxy) is 1. The number of aromatic nitrogens is 3. The first kappa shape index (κ1) is 31.2. The maximum Gasteiger partial charge on any atom is 0.410 e. The van der Waals surface area contributed by atoms with Gasteiger partial charge in [0.2, 0.25) is 5.91 Å². The van der Waals surface area contributed by atoms with Gasteiger partial charge < -0.3 is 14.2 Å². The number of hydrogen-bond acceptors (Lipinski definition) is 6. The Morgan fingerprint density at radius 2 is 1.80 bits per heavy atom. The van der Waals surface area contributed by atoms with Crippen molar-refractivity contribution in [3.05, 3.63) is 82.7 Å². The number of carbonyl (C=O) groups excluding carboxylic acids is 2. The van der Waals surface area contributed by atoms with Gasteiger partial charge >= 0.3 is 6.09 Å². The molecule has 2 aliphatic heterocycles. The van der Waals surface area contributed by atoms with Crippen molar-refractivity contribution in [1.82, 2.24) is 29.2 Å². The van der Waals surface area contributed by atoms with E-state index in [0.717, 1.165) is 68.6 Å². The Morgan fingerprint density at radius 1 is 0.957 bits per heavy atom. The number of piperazine rings is 1. The van der Waals surface area contributed by atoms with E-state index in [2.05, 4.69) is 39.6 Å². The van der Waals surface area contributed by atoms with Crippen LogP contribution in [0.5, 0.6) is 0 Å². The number of aryl methyl sites for hydroxylation is 2. The Kier molecular flexibility index (Phi) is 9.31. The molecule has 9 nitrogen and oxygen atoms in total. The van der Waals surface area contributed by atoms with Crippen molar-refractivity contribution in [2.45, 2.75) is 95.5 Å². The fourth-order valence-corrected chi connectivity index (χ4v) is 8.33. The predicted octanol–water partition coefficient (Wildman–Crippen LogP) is 5.90. The molecule has 2 saturated heterocycles. The van der Waals surface area contributed by atoms with Crippen LogP contribution in [-0.4, -0.2) is 85.6 Å². The molecule has 1 aromatic carbocycles. The van der Waals surface area contributed by atoms with Crippen molar-refractivity contribution in [2.75, 3.05) is 26.2 Å². The Labute approximate surface area is 276 Å². The Balaban J connectivity index is 1.20. The van der Waals surface area contributed by atoms with Crippen molar-refractivity contribution in [3.8, 4) is 0 Å². The first-order chi connectivity index (χ1) is 22.4. The quantitative estimate of drug-likeness (QED) is 0.344. The molecule has 0 radical (unpaired) electrons. The van der Waals surface area contributed by atoms with Crippen LogP contribution in [0.3, 0.4) is 0 Å². The Hall–Kier alpha value is -3.43. The number of amides is 2. The Bertz CT molecular complexity index is 1530. The highest BCUT2D eigenvalue weighted by atomic mass is 35.5. The van der Waals surface area contributed by atoms with E-state index in [0.29, 0.717) is 32.1 Å². The number of imidazole rings is 1. The second kappa shape index (κ2) is 13.7. The SMILES string of the molecule is CC1CCC(Cn2ccnc2)CN1C(=O)[C@H]1CN([C@H]2c3ccc(Cl)cc3CCc3cccnc32)CCN1C(=O)OC1CCCCC1. The lowest BCUT2D eigenvalue weighted by Gasteiger charge is -2.47. The van der Waals surface area contributed by atoms with Gasteiger partial charge in [-0.15, -0.1) is 0 Å². The summed E-state index contributed by atoms with van der Waals surface area (Å²) in [5.41, 5.74) is 4.64. The van der Waals surface area contributed by atoms with Crippen LogP contribution in [0.15, 0.2) is 55.2 Å². The van der Waals surface area contributed by atoms with E-state index >= 15 is 0 Å². The van der Waals surface area contributed by atoms with Gasteiger partial charge in [-0.1, -0.05) is 30.2 Å². The lowest BCUT2D eigenvalue weighted by atomic mass is 9.91. The van der Waals surface area contributed by atoms with Crippen molar-refractivity contribution >= 4 is 23.6 Å². The van der Waals surface area contributed by atoms with E-state index < -0.39 is 6.04 Å². The summed E-state index contributed by atoms with van der Waals surface area (Å²) in [7, 11) is 0. The average Bonchev–Trinajstić information content (AvgIpc) is 3.53. The number of fused-ring (bicyclic) bond motifs is 2. The molecule has 10 heteroatoms. The summed E-state index contributed by atoms with van der Waals surface area (Å²) >= 11 is 6.49. The van der Waals surface area contributed by atoms with Crippen LogP contribution in [0, 0.1) is 5.92 Å². The number of hydrogen-bond donors (Lipinski definition) is 0. The van der Waals surface area contributed by atoms with Gasteiger partial charge in [0.05, 0.1) is 18.1 Å². The molecule has 1 saturated carbocycles. The van der Waals surface area contributed by atoms with Gasteiger partial charge in [-0.2, -0.15) is 0 Å². The topological polar surface area (TPSA) is 83.8 Å². The van der Waals surface area contributed by atoms with Crippen molar-refractivity contribution in [1.29, 1.82) is 0 Å². The first-order valence-electron chi connectivity index (χ1n) is 17.1. The smallest absolute Gasteiger partial charge is 0.410 e. The van der Waals surface area contributed by atoms with Crippen molar-refractivity contribution in [3.63, 3.8) is 0 Å². The van der Waals surface area contributed by atoms with Gasteiger partial charge in [0, 0.05) is 62.4 Å². The lowest BCUT2D eigenvalue weighted by molar-refractivity contribution is -0.144. The highest BCUT2D eigenvalue weighted by molar-refractivity contribution is 6.30. The summed E-state index contributed by atoms with van der Waals surface area (Å²) in [6.07, 6.45) is 15.9. The first-order valence-corrected chi connectivity index (χ1v) is 17.5. The van der Waals surface area contributed by atoms with Gasteiger partial charge in [0.1, 0.15) is 12.1 Å². The normalized spacial score (nSPS) is 25.8. The average molecular weight is 645 g/mol. The van der Waals surface area contributed by atoms with Crippen LogP contribution in [0.25, 0.3) is 0 Å². The summed E-state index contributed by atoms with van der Waals surface area (Å²) in [6.45, 7) is 5.08. The molecule has 0 spiro atoms. The zero-order valence-corrected chi connectivity index (χ0v) is 27.5. The molecule has 4 aliphatic rings.